The highest BCUT2D eigenvalue weighted by molar-refractivity contribution is 5.96. The summed E-state index contributed by atoms with van der Waals surface area (Å²) in [6.45, 7) is 5.74. The standard InChI is InChI=1S/C11H22N4O2/c1-3-13-11(17)14-10(16)8(2)15-6-4-9(12)5-7-15/h8-9H,3-7,12H2,1-2H3,(H2,13,14,16,17). The van der Waals surface area contributed by atoms with Gasteiger partial charge < -0.3 is 11.1 Å². The number of carbonyl (C=O) groups is 2. The molecule has 0 saturated carbocycles. The molecule has 6 nitrogen and oxygen atoms in total. The number of carbonyl (C=O) groups excluding carboxylic acids is 2. The van der Waals surface area contributed by atoms with Crippen molar-refractivity contribution in [1.82, 2.24) is 15.5 Å². The first kappa shape index (κ1) is 13.9. The topological polar surface area (TPSA) is 87.5 Å². The normalized spacial score (nSPS) is 19.7. The van der Waals surface area contributed by atoms with Crippen LogP contribution in [0.4, 0.5) is 4.79 Å². The molecule has 1 rings (SSSR count). The lowest BCUT2D eigenvalue weighted by molar-refractivity contribution is -0.125. The van der Waals surface area contributed by atoms with E-state index in [1.54, 1.807) is 6.92 Å². The zero-order chi connectivity index (χ0) is 12.8. The predicted molar refractivity (Wildman–Crippen MR) is 65.5 cm³/mol. The van der Waals surface area contributed by atoms with Gasteiger partial charge in [0.1, 0.15) is 0 Å². The van der Waals surface area contributed by atoms with Crippen molar-refractivity contribution >= 4 is 11.9 Å². The van der Waals surface area contributed by atoms with Gasteiger partial charge in [0, 0.05) is 25.7 Å². The summed E-state index contributed by atoms with van der Waals surface area (Å²) < 4.78 is 0. The molecule has 0 spiro atoms. The van der Waals surface area contributed by atoms with E-state index in [0.29, 0.717) is 6.54 Å². The van der Waals surface area contributed by atoms with Crippen LogP contribution in [0.3, 0.4) is 0 Å². The molecule has 0 aliphatic carbocycles. The maximum Gasteiger partial charge on any atom is 0.321 e. The Kier molecular flexibility index (Phi) is 5.37. The summed E-state index contributed by atoms with van der Waals surface area (Å²) in [5.41, 5.74) is 5.80. The zero-order valence-corrected chi connectivity index (χ0v) is 10.5. The van der Waals surface area contributed by atoms with Crippen molar-refractivity contribution in [3.63, 3.8) is 0 Å². The molecule has 0 radical (unpaired) electrons. The first-order valence-corrected chi connectivity index (χ1v) is 6.13. The Morgan fingerprint density at radius 2 is 2.00 bits per heavy atom. The van der Waals surface area contributed by atoms with Crippen molar-refractivity contribution < 1.29 is 9.59 Å². The fraction of sp³-hybridized carbons (Fsp3) is 0.818. The highest BCUT2D eigenvalue weighted by Crippen LogP contribution is 2.11. The Hall–Kier alpha value is -1.14. The molecule has 3 amide bonds. The highest BCUT2D eigenvalue weighted by atomic mass is 16.2. The van der Waals surface area contributed by atoms with Gasteiger partial charge in [0.25, 0.3) is 0 Å². The molecule has 1 saturated heterocycles. The van der Waals surface area contributed by atoms with Gasteiger partial charge in [-0.3, -0.25) is 15.0 Å². The van der Waals surface area contributed by atoms with Gasteiger partial charge in [0.15, 0.2) is 0 Å². The molecule has 6 heteroatoms. The van der Waals surface area contributed by atoms with Crippen LogP contribution in [-0.4, -0.2) is 48.6 Å². The molecule has 0 bridgehead atoms. The van der Waals surface area contributed by atoms with E-state index in [1.165, 1.54) is 0 Å². The Bertz CT molecular complexity index is 275. The largest absolute Gasteiger partial charge is 0.338 e. The average Bonchev–Trinajstić information content (AvgIpc) is 2.29. The maximum atomic E-state index is 11.8. The number of hydrogen-bond acceptors (Lipinski definition) is 4. The van der Waals surface area contributed by atoms with Crippen molar-refractivity contribution in [3.05, 3.63) is 0 Å². The number of nitrogens with one attached hydrogen (secondary N) is 2. The van der Waals surface area contributed by atoms with E-state index in [0.717, 1.165) is 25.9 Å². The Morgan fingerprint density at radius 3 is 2.53 bits per heavy atom. The number of amides is 3. The minimum absolute atomic E-state index is 0.241. The van der Waals surface area contributed by atoms with Gasteiger partial charge in [-0.05, 0) is 26.7 Å². The van der Waals surface area contributed by atoms with Crippen molar-refractivity contribution in [1.29, 1.82) is 0 Å². The first-order chi connectivity index (χ1) is 8.04. The molecule has 1 unspecified atom stereocenters. The van der Waals surface area contributed by atoms with Crippen LogP contribution < -0.4 is 16.4 Å². The molecule has 98 valence electrons. The second-order valence-corrected chi connectivity index (χ2v) is 4.40. The lowest BCUT2D eigenvalue weighted by Crippen LogP contribution is -2.52. The van der Waals surface area contributed by atoms with Crippen LogP contribution in [0.5, 0.6) is 0 Å². The van der Waals surface area contributed by atoms with E-state index in [4.69, 9.17) is 5.73 Å². The van der Waals surface area contributed by atoms with Crippen LogP contribution in [-0.2, 0) is 4.79 Å². The molecule has 1 atom stereocenters. The van der Waals surface area contributed by atoms with Crippen molar-refractivity contribution in [2.75, 3.05) is 19.6 Å². The third-order valence-electron chi connectivity index (χ3n) is 3.08. The smallest absolute Gasteiger partial charge is 0.321 e. The summed E-state index contributed by atoms with van der Waals surface area (Å²) in [6.07, 6.45) is 1.80. The van der Waals surface area contributed by atoms with Crippen molar-refractivity contribution in [2.24, 2.45) is 5.73 Å². The molecular weight excluding hydrogens is 220 g/mol. The minimum atomic E-state index is -0.432. The maximum absolute atomic E-state index is 11.8. The number of urea groups is 1. The van der Waals surface area contributed by atoms with E-state index < -0.39 is 6.03 Å². The molecule has 1 heterocycles. The molecule has 1 aliphatic heterocycles. The van der Waals surface area contributed by atoms with Crippen molar-refractivity contribution in [2.45, 2.75) is 38.8 Å². The van der Waals surface area contributed by atoms with Crippen LogP contribution in [0.1, 0.15) is 26.7 Å². The number of likely N-dealkylation sites (tertiary alicyclic amines) is 1. The predicted octanol–water partition coefficient (Wildman–Crippen LogP) is -0.356. The summed E-state index contributed by atoms with van der Waals surface area (Å²) in [4.78, 5) is 25.0. The van der Waals surface area contributed by atoms with Crippen LogP contribution in [0.25, 0.3) is 0 Å². The van der Waals surface area contributed by atoms with Crippen LogP contribution in [0.15, 0.2) is 0 Å². The number of rotatable bonds is 3. The zero-order valence-electron chi connectivity index (χ0n) is 10.5. The van der Waals surface area contributed by atoms with Gasteiger partial charge in [0.2, 0.25) is 5.91 Å². The number of piperidine rings is 1. The van der Waals surface area contributed by atoms with Gasteiger partial charge >= 0.3 is 6.03 Å². The quantitative estimate of drug-likeness (QED) is 0.631. The van der Waals surface area contributed by atoms with Gasteiger partial charge in [-0.15, -0.1) is 0 Å². The van der Waals surface area contributed by atoms with Crippen LogP contribution >= 0.6 is 0 Å². The summed E-state index contributed by atoms with van der Waals surface area (Å²) in [5.74, 6) is -0.258. The van der Waals surface area contributed by atoms with E-state index in [-0.39, 0.29) is 18.0 Å². The summed E-state index contributed by atoms with van der Waals surface area (Å²) in [7, 11) is 0. The number of nitrogens with zero attached hydrogens (tertiary/aromatic N) is 1. The number of hydrogen-bond donors (Lipinski definition) is 3. The third kappa shape index (κ3) is 4.32. The summed E-state index contributed by atoms with van der Waals surface area (Å²) >= 11 is 0. The minimum Gasteiger partial charge on any atom is -0.338 e. The summed E-state index contributed by atoms with van der Waals surface area (Å²) in [5, 5.41) is 4.86. The second-order valence-electron chi connectivity index (χ2n) is 4.40. The Labute approximate surface area is 102 Å². The number of nitrogens with two attached hydrogens (primary N) is 1. The molecule has 1 aliphatic rings. The van der Waals surface area contributed by atoms with E-state index >= 15 is 0 Å². The van der Waals surface area contributed by atoms with Gasteiger partial charge in [-0.25, -0.2) is 4.79 Å². The first-order valence-electron chi connectivity index (χ1n) is 6.13. The fourth-order valence-corrected chi connectivity index (χ4v) is 1.89. The molecule has 1 fully saturated rings. The Balaban J connectivity index is 2.38. The molecule has 17 heavy (non-hydrogen) atoms. The van der Waals surface area contributed by atoms with Crippen LogP contribution in [0.2, 0.25) is 0 Å². The van der Waals surface area contributed by atoms with E-state index in [2.05, 4.69) is 15.5 Å². The van der Waals surface area contributed by atoms with Crippen molar-refractivity contribution in [3.8, 4) is 0 Å². The molecule has 4 N–H and O–H groups in total. The van der Waals surface area contributed by atoms with Gasteiger partial charge in [0.05, 0.1) is 6.04 Å². The fourth-order valence-electron chi connectivity index (χ4n) is 1.89. The van der Waals surface area contributed by atoms with E-state index in [1.807, 2.05) is 6.92 Å². The van der Waals surface area contributed by atoms with E-state index in [9.17, 15) is 9.59 Å². The van der Waals surface area contributed by atoms with Gasteiger partial charge in [-0.1, -0.05) is 0 Å². The van der Waals surface area contributed by atoms with Crippen LogP contribution in [0, 0.1) is 0 Å². The SMILES string of the molecule is CCNC(=O)NC(=O)C(C)N1CCC(N)CC1. The number of imide groups is 1. The lowest BCUT2D eigenvalue weighted by Gasteiger charge is -2.33. The molecule has 0 aromatic carbocycles. The Morgan fingerprint density at radius 1 is 1.41 bits per heavy atom. The second kappa shape index (κ2) is 6.56. The van der Waals surface area contributed by atoms with Gasteiger partial charge in [-0.2, -0.15) is 0 Å². The monoisotopic (exact) mass is 242 g/mol. The molecule has 0 aromatic heterocycles. The third-order valence-corrected chi connectivity index (χ3v) is 3.08. The molecule has 0 aromatic rings. The lowest BCUT2D eigenvalue weighted by atomic mass is 10.0. The average molecular weight is 242 g/mol. The highest BCUT2D eigenvalue weighted by Gasteiger charge is 2.25. The molecular formula is C11H22N4O2. The summed E-state index contributed by atoms with van der Waals surface area (Å²) in [6, 6.07) is -0.479.